The van der Waals surface area contributed by atoms with Crippen LogP contribution in [0, 0.1) is 6.92 Å². The molecule has 3 rings (SSSR count). The average Bonchev–Trinajstić information content (AvgIpc) is 2.70. The van der Waals surface area contributed by atoms with Gasteiger partial charge in [0.25, 0.3) is 0 Å². The van der Waals surface area contributed by atoms with Gasteiger partial charge in [0.2, 0.25) is 0 Å². The van der Waals surface area contributed by atoms with E-state index in [0.29, 0.717) is 30.8 Å². The van der Waals surface area contributed by atoms with Gasteiger partial charge in [0.15, 0.2) is 0 Å². The molecule has 29 heavy (non-hydrogen) atoms. The lowest BCUT2D eigenvalue weighted by molar-refractivity contribution is -0.139. The van der Waals surface area contributed by atoms with E-state index in [4.69, 9.17) is 16.3 Å². The number of urea groups is 1. The summed E-state index contributed by atoms with van der Waals surface area (Å²) in [4.78, 5) is 29.2. The number of piperazine rings is 1. The number of hydrogen-bond donors (Lipinski definition) is 2. The molecule has 158 valence electrons. The zero-order chi connectivity index (χ0) is 21.0. The quantitative estimate of drug-likeness (QED) is 0.692. The van der Waals surface area contributed by atoms with Crippen LogP contribution in [-0.4, -0.2) is 62.3 Å². The third-order valence-electron chi connectivity index (χ3n) is 5.41. The van der Waals surface area contributed by atoms with Crippen LogP contribution >= 0.6 is 11.6 Å². The van der Waals surface area contributed by atoms with E-state index in [1.165, 1.54) is 5.56 Å². The number of hydrogen-bond acceptors (Lipinski definition) is 5. The summed E-state index contributed by atoms with van der Waals surface area (Å²) in [6, 6.07) is 5.36. The summed E-state index contributed by atoms with van der Waals surface area (Å²) >= 11 is 6.17. The van der Waals surface area contributed by atoms with Crippen molar-refractivity contribution < 1.29 is 14.3 Å². The number of nitrogens with one attached hydrogen (secondary N) is 2. The van der Waals surface area contributed by atoms with Crippen LogP contribution < -0.4 is 15.5 Å². The lowest BCUT2D eigenvalue weighted by Crippen LogP contribution is -2.54. The number of halogens is 1. The van der Waals surface area contributed by atoms with Crippen molar-refractivity contribution in [3.05, 3.63) is 40.1 Å². The average molecular weight is 421 g/mol. The fourth-order valence-electron chi connectivity index (χ4n) is 3.88. The molecule has 0 bridgehead atoms. The number of carbonyl (C=O) groups excluding carboxylic acids is 2. The van der Waals surface area contributed by atoms with Crippen molar-refractivity contribution in [1.82, 2.24) is 15.5 Å². The molecule has 2 N–H and O–H groups in total. The van der Waals surface area contributed by atoms with Crippen LogP contribution in [0.5, 0.6) is 0 Å². The number of benzene rings is 1. The molecule has 1 saturated heterocycles. The summed E-state index contributed by atoms with van der Waals surface area (Å²) in [5, 5.41) is 6.38. The molecule has 2 amide bonds. The molecule has 0 aromatic heterocycles. The van der Waals surface area contributed by atoms with E-state index in [-0.39, 0.29) is 18.0 Å². The zero-order valence-electron chi connectivity index (χ0n) is 17.3. The van der Waals surface area contributed by atoms with E-state index >= 15 is 0 Å². The smallest absolute Gasteiger partial charge is 0.337 e. The van der Waals surface area contributed by atoms with Crippen LogP contribution in [0.2, 0.25) is 5.02 Å². The second-order valence-corrected chi connectivity index (χ2v) is 7.80. The van der Waals surface area contributed by atoms with Crippen molar-refractivity contribution in [2.45, 2.75) is 33.2 Å². The van der Waals surface area contributed by atoms with Crippen molar-refractivity contribution in [2.24, 2.45) is 0 Å². The van der Waals surface area contributed by atoms with Crippen molar-refractivity contribution in [3.8, 4) is 0 Å². The van der Waals surface area contributed by atoms with E-state index in [1.807, 2.05) is 25.1 Å². The van der Waals surface area contributed by atoms with Crippen molar-refractivity contribution in [3.63, 3.8) is 0 Å². The van der Waals surface area contributed by atoms with Crippen LogP contribution in [0.1, 0.15) is 25.8 Å². The van der Waals surface area contributed by atoms with Crippen molar-refractivity contribution >= 4 is 29.3 Å². The molecule has 8 heteroatoms. The number of nitrogens with zero attached hydrogens (tertiary/aromatic N) is 2. The van der Waals surface area contributed by atoms with Gasteiger partial charge in [-0.05, 0) is 38.0 Å². The predicted molar refractivity (Wildman–Crippen MR) is 114 cm³/mol. The topological polar surface area (TPSA) is 73.9 Å². The minimum Gasteiger partial charge on any atom is -0.463 e. The van der Waals surface area contributed by atoms with Crippen LogP contribution in [0.3, 0.4) is 0 Å². The summed E-state index contributed by atoms with van der Waals surface area (Å²) < 4.78 is 5.24. The Kier molecular flexibility index (Phi) is 7.03. The van der Waals surface area contributed by atoms with Gasteiger partial charge in [0.05, 0.1) is 18.2 Å². The molecule has 0 aliphatic carbocycles. The van der Waals surface area contributed by atoms with E-state index in [9.17, 15) is 9.59 Å². The van der Waals surface area contributed by atoms with Gasteiger partial charge >= 0.3 is 12.0 Å². The minimum absolute atomic E-state index is 0.270. The molecule has 0 spiro atoms. The summed E-state index contributed by atoms with van der Waals surface area (Å²) in [7, 11) is 0. The molecule has 2 aliphatic rings. The van der Waals surface area contributed by atoms with Gasteiger partial charge in [-0.2, -0.15) is 0 Å². The van der Waals surface area contributed by atoms with E-state index in [0.717, 1.165) is 36.9 Å². The predicted octanol–water partition coefficient (Wildman–Crippen LogP) is 2.68. The second kappa shape index (κ2) is 9.50. The highest BCUT2D eigenvalue weighted by molar-refractivity contribution is 6.30. The maximum absolute atomic E-state index is 12.5. The van der Waals surface area contributed by atoms with E-state index in [1.54, 1.807) is 6.92 Å². The van der Waals surface area contributed by atoms with Crippen molar-refractivity contribution in [1.29, 1.82) is 0 Å². The molecule has 1 fully saturated rings. The maximum Gasteiger partial charge on any atom is 0.337 e. The first-order valence-electron chi connectivity index (χ1n) is 10.1. The Labute approximate surface area is 177 Å². The Morgan fingerprint density at radius 1 is 1.24 bits per heavy atom. The van der Waals surface area contributed by atoms with Gasteiger partial charge in [-0.25, -0.2) is 9.59 Å². The number of rotatable bonds is 6. The first-order valence-corrected chi connectivity index (χ1v) is 10.5. The van der Waals surface area contributed by atoms with E-state index < -0.39 is 0 Å². The molecular formula is C21H29ClN4O3. The zero-order valence-corrected chi connectivity index (χ0v) is 18.0. The number of anilines is 1. The fraction of sp³-hybridized carbons (Fsp3) is 0.524. The summed E-state index contributed by atoms with van der Waals surface area (Å²) in [6.07, 6.45) is 0.632. The molecule has 2 heterocycles. The van der Waals surface area contributed by atoms with Crippen LogP contribution in [0.15, 0.2) is 29.5 Å². The highest BCUT2D eigenvalue weighted by atomic mass is 35.5. The van der Waals surface area contributed by atoms with Crippen LogP contribution in [-0.2, 0) is 9.53 Å². The molecule has 1 aromatic rings. The molecule has 0 unspecified atom stereocenters. The Hall–Kier alpha value is -2.25. The molecule has 1 atom stereocenters. The summed E-state index contributed by atoms with van der Waals surface area (Å²) in [6.45, 7) is 9.99. The fourth-order valence-corrected chi connectivity index (χ4v) is 4.05. The Bertz CT molecular complexity index is 803. The first kappa shape index (κ1) is 21.5. The number of esters is 1. The third-order valence-corrected chi connectivity index (χ3v) is 5.65. The van der Waals surface area contributed by atoms with Crippen molar-refractivity contribution in [2.75, 3.05) is 44.2 Å². The normalized spacial score (nSPS) is 20.3. The number of amides is 2. The monoisotopic (exact) mass is 420 g/mol. The number of aryl methyl sites for hydroxylation is 1. The second-order valence-electron chi connectivity index (χ2n) is 7.37. The molecular weight excluding hydrogens is 392 g/mol. The van der Waals surface area contributed by atoms with Gasteiger partial charge in [-0.3, -0.25) is 4.90 Å². The Morgan fingerprint density at radius 2 is 1.97 bits per heavy atom. The SMILES string of the molecule is CCOC(=O)C1=C(CN2CCN(c3cc(Cl)ccc3C)CC2)NC(=O)N[C@@H]1CC. The maximum atomic E-state index is 12.5. The largest absolute Gasteiger partial charge is 0.463 e. The lowest BCUT2D eigenvalue weighted by Gasteiger charge is -2.38. The first-order chi connectivity index (χ1) is 13.9. The van der Waals surface area contributed by atoms with Gasteiger partial charge in [0.1, 0.15) is 0 Å². The van der Waals surface area contributed by atoms with Crippen LogP contribution in [0.25, 0.3) is 0 Å². The standard InChI is InChI=1S/C21H29ClN4O3/c1-4-16-19(20(27)29-5-2)17(24-21(28)23-16)13-25-8-10-26(11-9-25)18-12-15(22)7-6-14(18)3/h6-7,12,16H,4-5,8-11,13H2,1-3H3,(H2,23,24,28)/t16-/m1/s1. The summed E-state index contributed by atoms with van der Waals surface area (Å²) in [5.74, 6) is -0.366. The molecule has 0 saturated carbocycles. The number of carbonyl (C=O) groups is 2. The Morgan fingerprint density at radius 3 is 2.62 bits per heavy atom. The van der Waals surface area contributed by atoms with Gasteiger partial charge < -0.3 is 20.3 Å². The van der Waals surface area contributed by atoms with Gasteiger partial charge in [0, 0.05) is 49.1 Å². The van der Waals surface area contributed by atoms with Gasteiger partial charge in [-0.1, -0.05) is 24.6 Å². The molecule has 2 aliphatic heterocycles. The lowest BCUT2D eigenvalue weighted by atomic mass is 10.00. The molecule has 7 nitrogen and oxygen atoms in total. The highest BCUT2D eigenvalue weighted by Crippen LogP contribution is 2.26. The Balaban J connectivity index is 1.72. The van der Waals surface area contributed by atoms with E-state index in [2.05, 4.69) is 27.4 Å². The summed E-state index contributed by atoms with van der Waals surface area (Å²) in [5.41, 5.74) is 3.53. The van der Waals surface area contributed by atoms with Gasteiger partial charge in [-0.15, -0.1) is 0 Å². The third kappa shape index (κ3) is 5.03. The molecule has 1 aromatic carbocycles. The highest BCUT2D eigenvalue weighted by Gasteiger charge is 2.32. The molecule has 0 radical (unpaired) electrons. The minimum atomic E-state index is -0.366. The van der Waals surface area contributed by atoms with Crippen LogP contribution in [0.4, 0.5) is 10.5 Å². The number of ether oxygens (including phenoxy) is 1.